The summed E-state index contributed by atoms with van der Waals surface area (Å²) in [6.45, 7) is 3.16. The first-order chi connectivity index (χ1) is 16.2. The maximum absolute atomic E-state index is 13.0. The minimum absolute atomic E-state index is 0.164. The number of benzene rings is 2. The molecule has 2 aromatic carbocycles. The van der Waals surface area contributed by atoms with Gasteiger partial charge in [0.2, 0.25) is 0 Å². The molecule has 0 radical (unpaired) electrons. The molecule has 0 fully saturated rings. The highest BCUT2D eigenvalue weighted by Gasteiger charge is 2.18. The van der Waals surface area contributed by atoms with Crippen molar-refractivity contribution in [2.45, 2.75) is 26.4 Å². The molecule has 166 valence electrons. The van der Waals surface area contributed by atoms with Crippen LogP contribution in [0.2, 0.25) is 0 Å². The SMILES string of the molecule is CCn1ncc2c(C(=O)OCCCn3c(=O)oc4ccccc43)cc(-c3ccccc3)nc21. The Morgan fingerprint density at radius 2 is 1.88 bits per heavy atom. The number of ether oxygens (including phenoxy) is 1. The second kappa shape index (κ2) is 8.74. The quantitative estimate of drug-likeness (QED) is 0.276. The Morgan fingerprint density at radius 3 is 2.70 bits per heavy atom. The van der Waals surface area contributed by atoms with Crippen LogP contribution in [-0.4, -0.2) is 31.9 Å². The van der Waals surface area contributed by atoms with Crippen molar-refractivity contribution in [2.75, 3.05) is 6.61 Å². The smallest absolute Gasteiger partial charge is 0.419 e. The van der Waals surface area contributed by atoms with Gasteiger partial charge in [-0.25, -0.2) is 19.3 Å². The average molecular weight is 442 g/mol. The van der Waals surface area contributed by atoms with Crippen molar-refractivity contribution in [3.63, 3.8) is 0 Å². The Balaban J connectivity index is 1.36. The van der Waals surface area contributed by atoms with Gasteiger partial charge in [0.1, 0.15) is 0 Å². The average Bonchev–Trinajstić information content (AvgIpc) is 3.41. The number of carbonyl (C=O) groups is 1. The fraction of sp³-hybridized carbons (Fsp3) is 0.200. The van der Waals surface area contributed by atoms with Gasteiger partial charge in [0, 0.05) is 18.7 Å². The molecule has 3 heterocycles. The number of nitrogens with zero attached hydrogens (tertiary/aromatic N) is 4. The summed E-state index contributed by atoms with van der Waals surface area (Å²) in [4.78, 5) is 29.8. The van der Waals surface area contributed by atoms with Crippen LogP contribution in [0.5, 0.6) is 0 Å². The molecule has 3 aromatic heterocycles. The molecule has 0 amide bonds. The predicted octanol–water partition coefficient (Wildman–Crippen LogP) is 4.27. The van der Waals surface area contributed by atoms with Crippen LogP contribution in [0.3, 0.4) is 0 Å². The second-order valence-corrected chi connectivity index (χ2v) is 7.60. The molecule has 0 aliphatic rings. The maximum atomic E-state index is 13.0. The number of aryl methyl sites for hydroxylation is 2. The van der Waals surface area contributed by atoms with E-state index in [0.717, 1.165) is 11.1 Å². The van der Waals surface area contributed by atoms with Crippen molar-refractivity contribution >= 4 is 28.1 Å². The number of esters is 1. The van der Waals surface area contributed by atoms with Gasteiger partial charge in [0.15, 0.2) is 11.2 Å². The molecule has 0 N–H and O–H groups in total. The molecule has 0 spiro atoms. The lowest BCUT2D eigenvalue weighted by molar-refractivity contribution is 0.0498. The van der Waals surface area contributed by atoms with Crippen molar-refractivity contribution < 1.29 is 13.9 Å². The van der Waals surface area contributed by atoms with Gasteiger partial charge in [-0.1, -0.05) is 42.5 Å². The van der Waals surface area contributed by atoms with Gasteiger partial charge in [0.25, 0.3) is 0 Å². The van der Waals surface area contributed by atoms with E-state index in [0.29, 0.717) is 47.4 Å². The monoisotopic (exact) mass is 442 g/mol. The summed E-state index contributed by atoms with van der Waals surface area (Å²) in [5, 5.41) is 5.01. The maximum Gasteiger partial charge on any atom is 0.419 e. The molecular formula is C25H22N4O4. The minimum Gasteiger partial charge on any atom is -0.462 e. The lowest BCUT2D eigenvalue weighted by Crippen LogP contribution is -2.16. The topological polar surface area (TPSA) is 92.2 Å². The predicted molar refractivity (Wildman–Crippen MR) is 124 cm³/mol. The van der Waals surface area contributed by atoms with Crippen molar-refractivity contribution in [1.82, 2.24) is 19.3 Å². The van der Waals surface area contributed by atoms with E-state index in [1.54, 1.807) is 27.6 Å². The third-order valence-electron chi connectivity index (χ3n) is 5.53. The molecule has 33 heavy (non-hydrogen) atoms. The number of hydrogen-bond acceptors (Lipinski definition) is 6. The summed E-state index contributed by atoms with van der Waals surface area (Å²) >= 11 is 0. The minimum atomic E-state index is -0.445. The van der Waals surface area contributed by atoms with Crippen molar-refractivity contribution in [1.29, 1.82) is 0 Å². The first kappa shape index (κ1) is 20.7. The summed E-state index contributed by atoms with van der Waals surface area (Å²) in [6.07, 6.45) is 2.12. The summed E-state index contributed by atoms with van der Waals surface area (Å²) in [5.41, 5.74) is 3.92. The largest absolute Gasteiger partial charge is 0.462 e. The molecule has 0 aliphatic carbocycles. The van der Waals surface area contributed by atoms with Gasteiger partial charge < -0.3 is 9.15 Å². The highest BCUT2D eigenvalue weighted by molar-refractivity contribution is 6.03. The van der Waals surface area contributed by atoms with Crippen LogP contribution in [0.1, 0.15) is 23.7 Å². The summed E-state index contributed by atoms with van der Waals surface area (Å²) < 4.78 is 14.1. The first-order valence-corrected chi connectivity index (χ1v) is 10.8. The van der Waals surface area contributed by atoms with Crippen LogP contribution in [0.15, 0.2) is 76.1 Å². The Labute approximate surface area is 189 Å². The van der Waals surface area contributed by atoms with Crippen LogP contribution in [0, 0.1) is 0 Å². The van der Waals surface area contributed by atoms with Gasteiger partial charge in [-0.15, -0.1) is 0 Å². The van der Waals surface area contributed by atoms with E-state index in [2.05, 4.69) is 5.10 Å². The third-order valence-corrected chi connectivity index (χ3v) is 5.53. The highest BCUT2D eigenvalue weighted by Crippen LogP contribution is 2.25. The Bertz CT molecular complexity index is 1500. The van der Waals surface area contributed by atoms with E-state index in [4.69, 9.17) is 14.1 Å². The number of para-hydroxylation sites is 2. The van der Waals surface area contributed by atoms with Crippen molar-refractivity contribution in [2.24, 2.45) is 0 Å². The van der Waals surface area contributed by atoms with E-state index in [9.17, 15) is 9.59 Å². The van der Waals surface area contributed by atoms with Crippen LogP contribution in [0.25, 0.3) is 33.4 Å². The lowest BCUT2D eigenvalue weighted by atomic mass is 10.1. The first-order valence-electron chi connectivity index (χ1n) is 10.8. The van der Waals surface area contributed by atoms with Gasteiger partial charge in [-0.2, -0.15) is 5.10 Å². The fourth-order valence-corrected chi connectivity index (χ4v) is 3.90. The molecular weight excluding hydrogens is 420 g/mol. The van der Waals surface area contributed by atoms with Crippen molar-refractivity contribution in [3.05, 3.63) is 83.0 Å². The van der Waals surface area contributed by atoms with Crippen LogP contribution in [0.4, 0.5) is 0 Å². The summed E-state index contributed by atoms with van der Waals surface area (Å²) in [6, 6.07) is 18.7. The molecule has 8 heteroatoms. The normalized spacial score (nSPS) is 11.3. The number of fused-ring (bicyclic) bond motifs is 2. The molecule has 0 saturated carbocycles. The van der Waals surface area contributed by atoms with Gasteiger partial charge in [0.05, 0.1) is 35.0 Å². The Morgan fingerprint density at radius 1 is 1.09 bits per heavy atom. The standard InChI is InChI=1S/C25H22N4O4/c1-2-29-23-19(16-26-29)18(15-20(27-23)17-9-4-3-5-10-17)24(30)32-14-8-13-28-21-11-6-7-12-22(21)33-25(28)31/h3-7,9-12,15-16H,2,8,13-14H2,1H3. The van der Waals surface area contributed by atoms with Crippen molar-refractivity contribution in [3.8, 4) is 11.3 Å². The lowest BCUT2D eigenvalue weighted by Gasteiger charge is -2.09. The number of carbonyl (C=O) groups excluding carboxylic acids is 1. The number of rotatable bonds is 7. The van der Waals surface area contributed by atoms with E-state index < -0.39 is 11.7 Å². The van der Waals surface area contributed by atoms with E-state index >= 15 is 0 Å². The molecule has 0 atom stereocenters. The number of hydrogen-bond donors (Lipinski definition) is 0. The molecule has 0 unspecified atom stereocenters. The molecule has 0 aliphatic heterocycles. The number of aromatic nitrogens is 4. The molecule has 0 bridgehead atoms. The van der Waals surface area contributed by atoms with Crippen LogP contribution in [-0.2, 0) is 17.8 Å². The molecule has 8 nitrogen and oxygen atoms in total. The molecule has 0 saturated heterocycles. The zero-order chi connectivity index (χ0) is 22.8. The zero-order valence-corrected chi connectivity index (χ0v) is 18.1. The zero-order valence-electron chi connectivity index (χ0n) is 18.1. The van der Waals surface area contributed by atoms with Crippen LogP contribution < -0.4 is 5.76 Å². The summed E-state index contributed by atoms with van der Waals surface area (Å²) in [7, 11) is 0. The molecule has 5 aromatic rings. The van der Waals surface area contributed by atoms with E-state index in [1.165, 1.54) is 0 Å². The van der Waals surface area contributed by atoms with E-state index in [-0.39, 0.29) is 6.61 Å². The highest BCUT2D eigenvalue weighted by atomic mass is 16.5. The van der Waals surface area contributed by atoms with Crippen LogP contribution >= 0.6 is 0 Å². The van der Waals surface area contributed by atoms with Gasteiger partial charge >= 0.3 is 11.7 Å². The number of oxazole rings is 1. The van der Waals surface area contributed by atoms with Gasteiger partial charge in [-0.3, -0.25) is 4.57 Å². The number of pyridine rings is 1. The second-order valence-electron chi connectivity index (χ2n) is 7.60. The van der Waals surface area contributed by atoms with E-state index in [1.807, 2.05) is 55.5 Å². The fourth-order valence-electron chi connectivity index (χ4n) is 3.90. The Kier molecular flexibility index (Phi) is 5.48. The Hall–Kier alpha value is -4.20. The van der Waals surface area contributed by atoms with Gasteiger partial charge in [-0.05, 0) is 31.5 Å². The summed E-state index contributed by atoms with van der Waals surface area (Å²) in [5.74, 6) is -0.863. The third kappa shape index (κ3) is 3.91. The molecule has 5 rings (SSSR count).